The van der Waals surface area contributed by atoms with Crippen LogP contribution in [-0.4, -0.2) is 24.5 Å². The molecule has 0 spiro atoms. The summed E-state index contributed by atoms with van der Waals surface area (Å²) in [6, 6.07) is 8.11. The Morgan fingerprint density at radius 2 is 2.12 bits per heavy atom. The standard InChI is InChI=1S/C19H24N4OS/c1-4-18-23-14(12-25-18)9-10-21-19(20-3)22-11-17-13(2)15-7-5-6-8-16(15)24-17/h5-8,12H,4,9-11H2,1-3H3,(H2,20,21,22). The second-order valence-corrected chi connectivity index (χ2v) is 6.78. The fourth-order valence-corrected chi connectivity index (χ4v) is 3.49. The van der Waals surface area contributed by atoms with E-state index in [0.29, 0.717) is 6.54 Å². The number of fused-ring (bicyclic) bond motifs is 1. The van der Waals surface area contributed by atoms with Gasteiger partial charge in [-0.15, -0.1) is 11.3 Å². The molecule has 0 atom stereocenters. The van der Waals surface area contributed by atoms with Gasteiger partial charge in [0.1, 0.15) is 11.3 Å². The molecular formula is C19H24N4OS. The number of aryl methyl sites for hydroxylation is 2. The number of rotatable bonds is 6. The molecule has 3 rings (SSSR count). The molecule has 25 heavy (non-hydrogen) atoms. The maximum atomic E-state index is 5.93. The Morgan fingerprint density at radius 3 is 2.84 bits per heavy atom. The van der Waals surface area contributed by atoms with Gasteiger partial charge in [-0.25, -0.2) is 4.98 Å². The van der Waals surface area contributed by atoms with Gasteiger partial charge < -0.3 is 15.1 Å². The first-order chi connectivity index (χ1) is 12.2. The van der Waals surface area contributed by atoms with Crippen molar-refractivity contribution in [2.45, 2.75) is 33.2 Å². The summed E-state index contributed by atoms with van der Waals surface area (Å²) in [5.41, 5.74) is 3.24. The van der Waals surface area contributed by atoms with Gasteiger partial charge in [0.25, 0.3) is 0 Å². The summed E-state index contributed by atoms with van der Waals surface area (Å²) >= 11 is 1.73. The van der Waals surface area contributed by atoms with E-state index in [1.54, 1.807) is 18.4 Å². The number of benzene rings is 1. The van der Waals surface area contributed by atoms with Crippen molar-refractivity contribution in [2.75, 3.05) is 13.6 Å². The quantitative estimate of drug-likeness (QED) is 0.522. The number of hydrogen-bond acceptors (Lipinski definition) is 4. The van der Waals surface area contributed by atoms with Crippen LogP contribution < -0.4 is 10.6 Å². The van der Waals surface area contributed by atoms with Crippen LogP contribution in [0.1, 0.15) is 28.9 Å². The molecule has 2 heterocycles. The van der Waals surface area contributed by atoms with Crippen LogP contribution in [0.4, 0.5) is 0 Å². The number of hydrogen-bond donors (Lipinski definition) is 2. The monoisotopic (exact) mass is 356 g/mol. The van der Waals surface area contributed by atoms with Gasteiger partial charge in [-0.05, 0) is 19.4 Å². The second-order valence-electron chi connectivity index (χ2n) is 5.84. The van der Waals surface area contributed by atoms with E-state index in [1.807, 2.05) is 18.2 Å². The molecule has 0 bridgehead atoms. The first-order valence-corrected chi connectivity index (χ1v) is 9.44. The van der Waals surface area contributed by atoms with E-state index < -0.39 is 0 Å². The molecule has 0 amide bonds. The second kappa shape index (κ2) is 8.16. The third-order valence-electron chi connectivity index (χ3n) is 4.16. The summed E-state index contributed by atoms with van der Waals surface area (Å²) in [4.78, 5) is 8.86. The highest BCUT2D eigenvalue weighted by molar-refractivity contribution is 7.09. The van der Waals surface area contributed by atoms with Gasteiger partial charge in [0, 0.05) is 36.3 Å². The van der Waals surface area contributed by atoms with Crippen LogP contribution in [0.25, 0.3) is 11.0 Å². The first kappa shape index (κ1) is 17.5. The number of nitrogens with zero attached hydrogens (tertiary/aromatic N) is 2. The van der Waals surface area contributed by atoms with Crippen molar-refractivity contribution in [1.29, 1.82) is 0 Å². The van der Waals surface area contributed by atoms with Crippen molar-refractivity contribution in [3.8, 4) is 0 Å². The molecule has 0 radical (unpaired) electrons. The molecule has 0 aliphatic rings. The number of nitrogens with one attached hydrogen (secondary N) is 2. The predicted octanol–water partition coefficient (Wildman–Crippen LogP) is 3.67. The van der Waals surface area contributed by atoms with Gasteiger partial charge in [-0.2, -0.15) is 0 Å². The molecule has 0 saturated heterocycles. The lowest BCUT2D eigenvalue weighted by molar-refractivity contribution is 0.534. The molecule has 0 fully saturated rings. The lowest BCUT2D eigenvalue weighted by Gasteiger charge is -2.10. The summed E-state index contributed by atoms with van der Waals surface area (Å²) in [6.45, 7) is 5.63. The molecule has 2 aromatic heterocycles. The fourth-order valence-electron chi connectivity index (χ4n) is 2.71. The van der Waals surface area contributed by atoms with Crippen molar-refractivity contribution in [3.63, 3.8) is 0 Å². The Hall–Kier alpha value is -2.34. The minimum atomic E-state index is 0.608. The zero-order valence-corrected chi connectivity index (χ0v) is 15.7. The molecule has 3 aromatic rings. The van der Waals surface area contributed by atoms with Crippen LogP contribution in [0.3, 0.4) is 0 Å². The normalized spacial score (nSPS) is 11.9. The van der Waals surface area contributed by atoms with Gasteiger partial charge in [-0.1, -0.05) is 25.1 Å². The fraction of sp³-hybridized carbons (Fsp3) is 0.368. The maximum Gasteiger partial charge on any atom is 0.191 e. The van der Waals surface area contributed by atoms with Crippen LogP contribution in [0.15, 0.2) is 39.1 Å². The topological polar surface area (TPSA) is 62.5 Å². The summed E-state index contributed by atoms with van der Waals surface area (Å²) in [7, 11) is 1.78. The number of thiazole rings is 1. The Balaban J connectivity index is 1.52. The van der Waals surface area contributed by atoms with Crippen LogP contribution in [-0.2, 0) is 19.4 Å². The van der Waals surface area contributed by atoms with Crippen LogP contribution >= 0.6 is 11.3 Å². The van der Waals surface area contributed by atoms with E-state index in [1.165, 1.54) is 10.6 Å². The maximum absolute atomic E-state index is 5.93. The number of para-hydroxylation sites is 1. The minimum Gasteiger partial charge on any atom is -0.459 e. The lowest BCUT2D eigenvalue weighted by Crippen LogP contribution is -2.37. The molecule has 0 saturated carbocycles. The zero-order valence-electron chi connectivity index (χ0n) is 14.9. The minimum absolute atomic E-state index is 0.608. The van der Waals surface area contributed by atoms with E-state index in [-0.39, 0.29) is 0 Å². The summed E-state index contributed by atoms with van der Waals surface area (Å²) in [6.07, 6.45) is 1.89. The van der Waals surface area contributed by atoms with Crippen molar-refractivity contribution in [1.82, 2.24) is 15.6 Å². The number of guanidine groups is 1. The third-order valence-corrected chi connectivity index (χ3v) is 5.20. The van der Waals surface area contributed by atoms with E-state index >= 15 is 0 Å². The van der Waals surface area contributed by atoms with E-state index in [9.17, 15) is 0 Å². The first-order valence-electron chi connectivity index (χ1n) is 8.56. The Labute approximate surface area is 152 Å². The molecule has 5 nitrogen and oxygen atoms in total. The van der Waals surface area contributed by atoms with Gasteiger partial charge in [-0.3, -0.25) is 4.99 Å². The SMILES string of the molecule is CCc1nc(CCNC(=NC)NCc2oc3ccccc3c2C)cs1. The third kappa shape index (κ3) is 4.20. The molecule has 132 valence electrons. The van der Waals surface area contributed by atoms with Crippen molar-refractivity contribution in [3.05, 3.63) is 51.7 Å². The molecule has 0 aliphatic carbocycles. The average molecular weight is 356 g/mol. The van der Waals surface area contributed by atoms with Crippen molar-refractivity contribution >= 4 is 28.3 Å². The van der Waals surface area contributed by atoms with Gasteiger partial charge >= 0.3 is 0 Å². The molecule has 0 aliphatic heterocycles. The Morgan fingerprint density at radius 1 is 1.28 bits per heavy atom. The molecule has 1 aromatic carbocycles. The van der Waals surface area contributed by atoms with E-state index in [0.717, 1.165) is 47.8 Å². The van der Waals surface area contributed by atoms with Gasteiger partial charge in [0.2, 0.25) is 0 Å². The number of aliphatic imine (C=N–C) groups is 1. The highest BCUT2D eigenvalue weighted by Crippen LogP contribution is 2.24. The molecule has 6 heteroatoms. The summed E-state index contributed by atoms with van der Waals surface area (Å²) in [5, 5.41) is 11.1. The van der Waals surface area contributed by atoms with E-state index in [2.05, 4.69) is 45.9 Å². The highest BCUT2D eigenvalue weighted by Gasteiger charge is 2.10. The summed E-state index contributed by atoms with van der Waals surface area (Å²) in [5.74, 6) is 1.71. The van der Waals surface area contributed by atoms with Crippen LogP contribution in [0.5, 0.6) is 0 Å². The van der Waals surface area contributed by atoms with Crippen LogP contribution in [0, 0.1) is 6.92 Å². The number of aromatic nitrogens is 1. The average Bonchev–Trinajstić information content (AvgIpc) is 3.23. The molecule has 0 unspecified atom stereocenters. The van der Waals surface area contributed by atoms with E-state index in [4.69, 9.17) is 4.42 Å². The molecular weight excluding hydrogens is 332 g/mol. The molecule has 2 N–H and O–H groups in total. The zero-order chi connectivity index (χ0) is 17.6. The van der Waals surface area contributed by atoms with Crippen molar-refractivity contribution in [2.24, 2.45) is 4.99 Å². The van der Waals surface area contributed by atoms with Gasteiger partial charge in [0.05, 0.1) is 17.2 Å². The Bertz CT molecular complexity index is 865. The largest absolute Gasteiger partial charge is 0.459 e. The highest BCUT2D eigenvalue weighted by atomic mass is 32.1. The van der Waals surface area contributed by atoms with Crippen LogP contribution in [0.2, 0.25) is 0 Å². The Kier molecular flexibility index (Phi) is 5.71. The smallest absolute Gasteiger partial charge is 0.191 e. The lowest BCUT2D eigenvalue weighted by atomic mass is 10.1. The van der Waals surface area contributed by atoms with Gasteiger partial charge in [0.15, 0.2) is 5.96 Å². The number of furan rings is 1. The summed E-state index contributed by atoms with van der Waals surface area (Å²) < 4.78 is 5.93. The predicted molar refractivity (Wildman–Crippen MR) is 104 cm³/mol. The van der Waals surface area contributed by atoms with Crippen molar-refractivity contribution < 1.29 is 4.42 Å².